The van der Waals surface area contributed by atoms with E-state index in [9.17, 15) is 4.79 Å². The van der Waals surface area contributed by atoms with Crippen LogP contribution in [0.1, 0.15) is 44.4 Å². The zero-order valence-electron chi connectivity index (χ0n) is 18.8. The fraction of sp³-hybridized carbons (Fsp3) is 0.391. The molecule has 0 bridgehead atoms. The standard InChI is InChI=1S/C23H30BN3O4/c1-16-11-18(13-26-20(16)25)12-19(24-30-22(2,3)23(4,5)31-24)14-27-21(28)29-15-17-9-7-6-8-10-17/h6-13H,14-15H2,1-5H3,(H2,25,26)(H,27,28). The van der Waals surface area contributed by atoms with Gasteiger partial charge in [-0.25, -0.2) is 9.78 Å². The summed E-state index contributed by atoms with van der Waals surface area (Å²) >= 11 is 0. The van der Waals surface area contributed by atoms with Crippen LogP contribution in [0.5, 0.6) is 0 Å². The number of rotatable bonds is 6. The van der Waals surface area contributed by atoms with Crippen molar-refractivity contribution < 1.29 is 18.8 Å². The van der Waals surface area contributed by atoms with Gasteiger partial charge in [-0.2, -0.15) is 0 Å². The molecule has 0 saturated carbocycles. The molecule has 1 aromatic carbocycles. The Balaban J connectivity index is 1.73. The molecule has 3 N–H and O–H groups in total. The van der Waals surface area contributed by atoms with E-state index >= 15 is 0 Å². The quantitative estimate of drug-likeness (QED) is 0.684. The van der Waals surface area contributed by atoms with Crippen LogP contribution in [0.15, 0.2) is 48.1 Å². The zero-order chi connectivity index (χ0) is 22.6. The molecule has 1 amide bonds. The van der Waals surface area contributed by atoms with Gasteiger partial charge in [0.2, 0.25) is 0 Å². The lowest BCUT2D eigenvalue weighted by atomic mass is 9.77. The normalized spacial score (nSPS) is 17.5. The second kappa shape index (κ2) is 9.12. The molecule has 1 fully saturated rings. The molecule has 0 atom stereocenters. The van der Waals surface area contributed by atoms with Gasteiger partial charge >= 0.3 is 13.2 Å². The molecule has 1 saturated heterocycles. The monoisotopic (exact) mass is 423 g/mol. The van der Waals surface area contributed by atoms with E-state index < -0.39 is 24.4 Å². The Labute approximate surface area is 184 Å². The van der Waals surface area contributed by atoms with E-state index in [2.05, 4.69) is 10.3 Å². The second-order valence-corrected chi connectivity index (χ2v) is 8.69. The van der Waals surface area contributed by atoms with Gasteiger partial charge in [0.25, 0.3) is 0 Å². The lowest BCUT2D eigenvalue weighted by molar-refractivity contribution is 0.00578. The van der Waals surface area contributed by atoms with E-state index in [0.29, 0.717) is 5.82 Å². The number of anilines is 1. The topological polar surface area (TPSA) is 95.7 Å². The van der Waals surface area contributed by atoms with E-state index in [1.807, 2.05) is 77.1 Å². The van der Waals surface area contributed by atoms with Crippen molar-refractivity contribution in [2.45, 2.75) is 52.4 Å². The van der Waals surface area contributed by atoms with Crippen molar-refractivity contribution in [1.29, 1.82) is 0 Å². The van der Waals surface area contributed by atoms with Gasteiger partial charge in [-0.3, -0.25) is 0 Å². The number of aromatic nitrogens is 1. The van der Waals surface area contributed by atoms with Crippen molar-refractivity contribution >= 4 is 25.1 Å². The third-order valence-electron chi connectivity index (χ3n) is 5.70. The van der Waals surface area contributed by atoms with E-state index in [0.717, 1.165) is 22.2 Å². The van der Waals surface area contributed by atoms with E-state index in [1.165, 1.54) is 0 Å². The number of carbonyl (C=O) groups excluding carboxylic acids is 1. The molecule has 31 heavy (non-hydrogen) atoms. The highest BCUT2D eigenvalue weighted by molar-refractivity contribution is 6.56. The van der Waals surface area contributed by atoms with Gasteiger partial charge < -0.3 is 25.1 Å². The number of carbonyl (C=O) groups is 1. The lowest BCUT2D eigenvalue weighted by Gasteiger charge is -2.32. The number of nitrogens with two attached hydrogens (primary N) is 1. The summed E-state index contributed by atoms with van der Waals surface area (Å²) in [7, 11) is -0.614. The molecule has 2 aromatic rings. The molecule has 1 aliphatic heterocycles. The summed E-state index contributed by atoms with van der Waals surface area (Å²) in [6.45, 7) is 10.2. The van der Waals surface area contributed by atoms with Gasteiger partial charge in [0.15, 0.2) is 0 Å². The molecular weight excluding hydrogens is 393 g/mol. The fourth-order valence-corrected chi connectivity index (χ4v) is 3.05. The summed E-state index contributed by atoms with van der Waals surface area (Å²) in [5.41, 5.74) is 8.22. The number of alkyl carbamates (subject to hydrolysis) is 1. The number of amides is 1. The van der Waals surface area contributed by atoms with E-state index in [4.69, 9.17) is 19.8 Å². The van der Waals surface area contributed by atoms with Crippen LogP contribution >= 0.6 is 0 Å². The average molecular weight is 423 g/mol. The number of hydrogen-bond acceptors (Lipinski definition) is 6. The van der Waals surface area contributed by atoms with E-state index in [-0.39, 0.29) is 13.2 Å². The lowest BCUT2D eigenvalue weighted by Crippen LogP contribution is -2.41. The van der Waals surface area contributed by atoms with Crippen molar-refractivity contribution in [3.63, 3.8) is 0 Å². The number of nitrogens with one attached hydrogen (secondary N) is 1. The molecule has 0 unspecified atom stereocenters. The van der Waals surface area contributed by atoms with Gasteiger partial charge in [-0.15, -0.1) is 0 Å². The summed E-state index contributed by atoms with van der Waals surface area (Å²) < 4.78 is 17.7. The van der Waals surface area contributed by atoms with Gasteiger partial charge in [-0.05, 0) is 62.8 Å². The zero-order valence-corrected chi connectivity index (χ0v) is 18.8. The summed E-state index contributed by atoms with van der Waals surface area (Å²) in [6, 6.07) is 11.5. The Hall–Kier alpha value is -2.84. The fourth-order valence-electron chi connectivity index (χ4n) is 3.05. The van der Waals surface area contributed by atoms with Crippen LogP contribution in [0.4, 0.5) is 10.6 Å². The molecule has 0 radical (unpaired) electrons. The Bertz CT molecular complexity index is 945. The maximum absolute atomic E-state index is 12.3. The molecule has 8 heteroatoms. The number of nitrogens with zero attached hydrogens (tertiary/aromatic N) is 1. The van der Waals surface area contributed by atoms with Gasteiger partial charge in [0.1, 0.15) is 12.4 Å². The van der Waals surface area contributed by atoms with E-state index in [1.54, 1.807) is 6.20 Å². The molecular formula is C23H30BN3O4. The minimum atomic E-state index is -0.614. The highest BCUT2D eigenvalue weighted by atomic mass is 16.7. The summed E-state index contributed by atoms with van der Waals surface area (Å²) in [4.78, 5) is 16.5. The number of hydrogen-bond donors (Lipinski definition) is 2. The molecule has 7 nitrogen and oxygen atoms in total. The smallest absolute Gasteiger partial charge is 0.445 e. The minimum Gasteiger partial charge on any atom is -0.445 e. The molecule has 1 aromatic heterocycles. The van der Waals surface area contributed by atoms with Crippen LogP contribution in [0, 0.1) is 6.92 Å². The first-order chi connectivity index (χ1) is 14.6. The number of aryl methyl sites for hydroxylation is 1. The predicted octanol–water partition coefficient (Wildman–Crippen LogP) is 3.91. The van der Waals surface area contributed by atoms with Gasteiger partial charge in [0.05, 0.1) is 11.2 Å². The molecule has 0 aliphatic carbocycles. The summed E-state index contributed by atoms with van der Waals surface area (Å²) in [5.74, 6) is 0.483. The number of pyridine rings is 1. The first kappa shape index (κ1) is 22.8. The first-order valence-electron chi connectivity index (χ1n) is 10.3. The average Bonchev–Trinajstić information content (AvgIpc) is 2.94. The number of benzene rings is 1. The van der Waals surface area contributed by atoms with Crippen molar-refractivity contribution in [3.05, 3.63) is 64.8 Å². The Morgan fingerprint density at radius 1 is 1.19 bits per heavy atom. The minimum absolute atomic E-state index is 0.198. The van der Waals surface area contributed by atoms with Crippen LogP contribution in [0.2, 0.25) is 0 Å². The van der Waals surface area contributed by atoms with Crippen molar-refractivity contribution in [1.82, 2.24) is 10.3 Å². The Morgan fingerprint density at radius 2 is 1.84 bits per heavy atom. The van der Waals surface area contributed by atoms with Crippen LogP contribution in [0.25, 0.3) is 6.08 Å². The highest BCUT2D eigenvalue weighted by Gasteiger charge is 2.52. The maximum atomic E-state index is 12.3. The van der Waals surface area contributed by atoms with Gasteiger partial charge in [-0.1, -0.05) is 36.4 Å². The van der Waals surface area contributed by atoms with Gasteiger partial charge in [0, 0.05) is 12.7 Å². The molecule has 3 rings (SSSR count). The molecule has 2 heterocycles. The van der Waals surface area contributed by atoms with Crippen molar-refractivity contribution in [2.24, 2.45) is 0 Å². The third-order valence-corrected chi connectivity index (χ3v) is 5.70. The predicted molar refractivity (Wildman–Crippen MR) is 122 cm³/mol. The third kappa shape index (κ3) is 5.65. The summed E-state index contributed by atoms with van der Waals surface area (Å²) in [6.07, 6.45) is 3.07. The van der Waals surface area contributed by atoms with Crippen LogP contribution in [0.3, 0.4) is 0 Å². The Kier molecular flexibility index (Phi) is 6.72. The number of nitrogen functional groups attached to an aromatic ring is 1. The summed E-state index contributed by atoms with van der Waals surface area (Å²) in [5, 5.41) is 2.80. The molecule has 164 valence electrons. The highest BCUT2D eigenvalue weighted by Crippen LogP contribution is 2.38. The SMILES string of the molecule is Cc1cc(C=C(CNC(=O)OCc2ccccc2)B2OC(C)(C)C(C)(C)O2)cnc1N. The van der Waals surface area contributed by atoms with Crippen LogP contribution < -0.4 is 11.1 Å². The van der Waals surface area contributed by atoms with Crippen molar-refractivity contribution in [2.75, 3.05) is 12.3 Å². The Morgan fingerprint density at radius 3 is 2.45 bits per heavy atom. The maximum Gasteiger partial charge on any atom is 0.492 e. The molecule has 1 aliphatic rings. The number of ether oxygens (including phenoxy) is 1. The second-order valence-electron chi connectivity index (χ2n) is 8.69. The van der Waals surface area contributed by atoms with Crippen LogP contribution in [-0.2, 0) is 20.7 Å². The molecule has 0 spiro atoms. The van der Waals surface area contributed by atoms with Crippen LogP contribution in [-0.4, -0.2) is 35.9 Å². The van der Waals surface area contributed by atoms with Crippen molar-refractivity contribution in [3.8, 4) is 0 Å². The largest absolute Gasteiger partial charge is 0.492 e. The first-order valence-corrected chi connectivity index (χ1v) is 10.3.